The van der Waals surface area contributed by atoms with E-state index in [2.05, 4.69) is 9.83 Å². The first-order valence-corrected chi connectivity index (χ1v) is 4.15. The summed E-state index contributed by atoms with van der Waals surface area (Å²) in [6, 6.07) is 3.78. The molecule has 1 heterocycles. The Balaban J connectivity index is 2.89. The van der Waals surface area contributed by atoms with E-state index in [1.165, 1.54) is 0 Å². The number of nitrogens with zero attached hydrogens (tertiary/aromatic N) is 3. The highest BCUT2D eigenvalue weighted by molar-refractivity contribution is 5.38. The zero-order valence-corrected chi connectivity index (χ0v) is 8.15. The molecule has 1 rings (SSSR count). The van der Waals surface area contributed by atoms with Crippen LogP contribution < -0.4 is 4.90 Å². The lowest BCUT2D eigenvalue weighted by atomic mass is 10.1. The van der Waals surface area contributed by atoms with Crippen LogP contribution in [0.1, 0.15) is 18.5 Å². The lowest BCUT2D eigenvalue weighted by molar-refractivity contribution is 0.940. The van der Waals surface area contributed by atoms with Gasteiger partial charge in [-0.05, 0) is 12.1 Å². The molecule has 0 aliphatic rings. The van der Waals surface area contributed by atoms with Crippen molar-refractivity contribution in [3.63, 3.8) is 0 Å². The number of pyridine rings is 1. The molecule has 1 unspecified atom stereocenters. The zero-order valence-electron chi connectivity index (χ0n) is 8.15. The van der Waals surface area contributed by atoms with Gasteiger partial charge in [-0.25, -0.2) is 11.6 Å². The number of aromatic nitrogens is 1. The van der Waals surface area contributed by atoms with Crippen LogP contribution in [0.4, 0.5) is 5.82 Å². The quantitative estimate of drug-likeness (QED) is 0.642. The first-order chi connectivity index (χ1) is 6.15. The molecule has 0 aliphatic heterocycles. The van der Waals surface area contributed by atoms with Gasteiger partial charge in [0.05, 0.1) is 5.56 Å². The van der Waals surface area contributed by atoms with Crippen molar-refractivity contribution in [1.82, 2.24) is 4.98 Å². The van der Waals surface area contributed by atoms with Crippen LogP contribution >= 0.6 is 0 Å². The van der Waals surface area contributed by atoms with Gasteiger partial charge in [-0.3, -0.25) is 0 Å². The van der Waals surface area contributed by atoms with Gasteiger partial charge in [0.25, 0.3) is 0 Å². The summed E-state index contributed by atoms with van der Waals surface area (Å²) in [4.78, 5) is 9.60. The standard InChI is InChI=1S/C10H13N3/c1-8(11-2)9-5-6-10(12-7-9)13(3)4/h5-8H,1,3-4H3. The molecule has 0 saturated carbocycles. The molecule has 13 heavy (non-hydrogen) atoms. The van der Waals surface area contributed by atoms with Crippen molar-refractivity contribution >= 4 is 5.82 Å². The van der Waals surface area contributed by atoms with Gasteiger partial charge in [0, 0.05) is 27.2 Å². The largest absolute Gasteiger partial charge is 0.363 e. The van der Waals surface area contributed by atoms with Crippen molar-refractivity contribution in [2.75, 3.05) is 19.0 Å². The van der Waals surface area contributed by atoms with E-state index in [4.69, 9.17) is 6.57 Å². The van der Waals surface area contributed by atoms with Crippen LogP contribution in [0.25, 0.3) is 4.85 Å². The van der Waals surface area contributed by atoms with Gasteiger partial charge < -0.3 is 9.74 Å². The van der Waals surface area contributed by atoms with Gasteiger partial charge in [-0.2, -0.15) is 0 Å². The SMILES string of the molecule is [C-]#[N+]C(C)c1ccc(N(C)C)nc1. The second-order valence-electron chi connectivity index (χ2n) is 3.15. The molecular formula is C10H13N3. The average Bonchev–Trinajstić information content (AvgIpc) is 2.17. The molecule has 3 nitrogen and oxygen atoms in total. The van der Waals surface area contributed by atoms with Crippen molar-refractivity contribution in [1.29, 1.82) is 0 Å². The van der Waals surface area contributed by atoms with Crippen molar-refractivity contribution in [2.24, 2.45) is 0 Å². The predicted octanol–water partition coefficient (Wildman–Crippen LogP) is 2.13. The third-order valence-corrected chi connectivity index (χ3v) is 1.90. The first-order valence-electron chi connectivity index (χ1n) is 4.15. The molecular weight excluding hydrogens is 162 g/mol. The van der Waals surface area contributed by atoms with E-state index >= 15 is 0 Å². The molecule has 1 aromatic heterocycles. The van der Waals surface area contributed by atoms with Crippen molar-refractivity contribution in [3.8, 4) is 0 Å². The van der Waals surface area contributed by atoms with Gasteiger partial charge in [0.15, 0.2) is 0 Å². The molecule has 0 aliphatic carbocycles. The maximum atomic E-state index is 6.87. The molecule has 0 saturated heterocycles. The van der Waals surface area contributed by atoms with E-state index in [9.17, 15) is 0 Å². The van der Waals surface area contributed by atoms with E-state index in [1.54, 1.807) is 6.20 Å². The summed E-state index contributed by atoms with van der Waals surface area (Å²) < 4.78 is 0. The highest BCUT2D eigenvalue weighted by Crippen LogP contribution is 2.17. The second-order valence-corrected chi connectivity index (χ2v) is 3.15. The van der Waals surface area contributed by atoms with Gasteiger partial charge in [-0.1, -0.05) is 0 Å². The van der Waals surface area contributed by atoms with Crippen molar-refractivity contribution in [3.05, 3.63) is 35.3 Å². The topological polar surface area (TPSA) is 20.5 Å². The number of anilines is 1. The number of rotatable bonds is 2. The fraction of sp³-hybridized carbons (Fsp3) is 0.400. The van der Waals surface area contributed by atoms with Crippen LogP contribution in [0.5, 0.6) is 0 Å². The van der Waals surface area contributed by atoms with Crippen molar-refractivity contribution < 1.29 is 0 Å². The third kappa shape index (κ3) is 2.19. The second kappa shape index (κ2) is 3.90. The minimum Gasteiger partial charge on any atom is -0.363 e. The van der Waals surface area contributed by atoms with Crippen molar-refractivity contribution in [2.45, 2.75) is 13.0 Å². The van der Waals surface area contributed by atoms with Gasteiger partial charge in [-0.15, -0.1) is 0 Å². The molecule has 1 aromatic rings. The molecule has 0 radical (unpaired) electrons. The maximum absolute atomic E-state index is 6.87. The number of hydrogen-bond acceptors (Lipinski definition) is 2. The van der Waals surface area contributed by atoms with Crippen LogP contribution in [-0.2, 0) is 0 Å². The molecule has 0 aromatic carbocycles. The average molecular weight is 175 g/mol. The third-order valence-electron chi connectivity index (χ3n) is 1.90. The zero-order chi connectivity index (χ0) is 9.84. The molecule has 1 atom stereocenters. The lowest BCUT2D eigenvalue weighted by Crippen LogP contribution is -2.10. The fourth-order valence-electron chi connectivity index (χ4n) is 0.984. The van der Waals surface area contributed by atoms with Gasteiger partial charge in [0.2, 0.25) is 6.04 Å². The Kier molecular flexibility index (Phi) is 2.86. The Morgan fingerprint density at radius 1 is 1.46 bits per heavy atom. The summed E-state index contributed by atoms with van der Waals surface area (Å²) in [6.07, 6.45) is 1.76. The summed E-state index contributed by atoms with van der Waals surface area (Å²) in [5, 5.41) is 0. The Labute approximate surface area is 78.8 Å². The normalized spacial score (nSPS) is 11.8. The number of hydrogen-bond donors (Lipinski definition) is 0. The van der Waals surface area contributed by atoms with E-state index in [0.29, 0.717) is 0 Å². The molecule has 0 N–H and O–H groups in total. The highest BCUT2D eigenvalue weighted by atomic mass is 15.1. The molecule has 68 valence electrons. The summed E-state index contributed by atoms with van der Waals surface area (Å²) in [7, 11) is 3.89. The summed E-state index contributed by atoms with van der Waals surface area (Å²) in [5.74, 6) is 0.918. The summed E-state index contributed by atoms with van der Waals surface area (Å²) in [5.41, 5.74) is 0.973. The molecule has 0 amide bonds. The smallest absolute Gasteiger partial charge is 0.247 e. The molecule has 3 heteroatoms. The Hall–Kier alpha value is -1.56. The van der Waals surface area contributed by atoms with Crippen LogP contribution in [0.2, 0.25) is 0 Å². The molecule has 0 spiro atoms. The Morgan fingerprint density at radius 3 is 2.54 bits per heavy atom. The van der Waals surface area contributed by atoms with E-state index < -0.39 is 0 Å². The fourth-order valence-corrected chi connectivity index (χ4v) is 0.984. The highest BCUT2D eigenvalue weighted by Gasteiger charge is 2.08. The van der Waals surface area contributed by atoms with E-state index in [0.717, 1.165) is 11.4 Å². The van der Waals surface area contributed by atoms with Crippen LogP contribution in [-0.4, -0.2) is 19.1 Å². The van der Waals surface area contributed by atoms with E-state index in [-0.39, 0.29) is 6.04 Å². The Morgan fingerprint density at radius 2 is 2.15 bits per heavy atom. The maximum Gasteiger partial charge on any atom is 0.247 e. The monoisotopic (exact) mass is 175 g/mol. The van der Waals surface area contributed by atoms with Gasteiger partial charge in [0.1, 0.15) is 5.82 Å². The lowest BCUT2D eigenvalue weighted by Gasteiger charge is -2.10. The summed E-state index contributed by atoms with van der Waals surface area (Å²) >= 11 is 0. The predicted molar refractivity (Wildman–Crippen MR) is 53.6 cm³/mol. The van der Waals surface area contributed by atoms with Crippen LogP contribution in [0.15, 0.2) is 18.3 Å². The Bertz CT molecular complexity index is 308. The molecule has 0 bridgehead atoms. The summed E-state index contributed by atoms with van der Waals surface area (Å²) in [6.45, 7) is 8.75. The van der Waals surface area contributed by atoms with E-state index in [1.807, 2.05) is 38.1 Å². The minimum atomic E-state index is -0.0938. The first kappa shape index (κ1) is 9.53. The van der Waals surface area contributed by atoms with Crippen LogP contribution in [0, 0.1) is 6.57 Å². The van der Waals surface area contributed by atoms with Gasteiger partial charge >= 0.3 is 0 Å². The molecule has 0 fully saturated rings. The van der Waals surface area contributed by atoms with Crippen LogP contribution in [0.3, 0.4) is 0 Å². The minimum absolute atomic E-state index is 0.0938.